The molecule has 0 bridgehead atoms. The number of carbonyl (C=O) groups excluding carboxylic acids is 1. The topological polar surface area (TPSA) is 41.6 Å². The molecule has 136 valence electrons. The molecule has 0 spiro atoms. The van der Waals surface area contributed by atoms with Crippen LogP contribution < -0.4 is 10.1 Å². The van der Waals surface area contributed by atoms with E-state index in [1.54, 1.807) is 11.9 Å². The summed E-state index contributed by atoms with van der Waals surface area (Å²) in [6.45, 7) is 4.65. The fraction of sp³-hybridized carbons (Fsp3) is 0.500. The van der Waals surface area contributed by atoms with Gasteiger partial charge in [0, 0.05) is 30.6 Å². The Morgan fingerprint density at radius 2 is 2.04 bits per heavy atom. The molecule has 2 heterocycles. The summed E-state index contributed by atoms with van der Waals surface area (Å²) in [5.74, 6) is 0.303. The molecule has 4 nitrogen and oxygen atoms in total. The Balaban J connectivity index is 2.24. The summed E-state index contributed by atoms with van der Waals surface area (Å²) in [5, 5.41) is 3.04. The maximum atomic E-state index is 13.2. The molecule has 1 aromatic rings. The van der Waals surface area contributed by atoms with Crippen molar-refractivity contribution in [2.45, 2.75) is 38.5 Å². The van der Waals surface area contributed by atoms with Gasteiger partial charge in [0.1, 0.15) is 11.4 Å². The second kappa shape index (κ2) is 6.05. The minimum Gasteiger partial charge on any atom is -0.483 e. The maximum absolute atomic E-state index is 13.2. The molecule has 0 saturated carbocycles. The number of likely N-dealkylation sites (tertiary alicyclic amines) is 1. The van der Waals surface area contributed by atoms with Gasteiger partial charge in [0.2, 0.25) is 5.91 Å². The van der Waals surface area contributed by atoms with Crippen LogP contribution in [0, 0.1) is 0 Å². The van der Waals surface area contributed by atoms with Crippen molar-refractivity contribution in [3.05, 3.63) is 34.9 Å². The van der Waals surface area contributed by atoms with E-state index in [0.717, 1.165) is 17.7 Å². The van der Waals surface area contributed by atoms with E-state index in [2.05, 4.69) is 5.32 Å². The first-order chi connectivity index (χ1) is 11.6. The quantitative estimate of drug-likeness (QED) is 0.904. The second-order valence-electron chi connectivity index (χ2n) is 6.83. The van der Waals surface area contributed by atoms with E-state index in [1.165, 1.54) is 6.07 Å². The molecule has 1 N–H and O–H groups in total. The standard InChI is InChI=1S/C18H21F3N2O2/c1-17(2)13(10-22-3)16(23-8-4-5-15(23)24)12-9-11(18(19,20)21)6-7-14(12)25-17/h6-7,9,22H,4-5,8,10H2,1-3H3. The highest BCUT2D eigenvalue weighted by Crippen LogP contribution is 2.45. The summed E-state index contributed by atoms with van der Waals surface area (Å²) in [6.07, 6.45) is -3.35. The average molecular weight is 354 g/mol. The van der Waals surface area contributed by atoms with Crippen LogP contribution in [0.2, 0.25) is 0 Å². The molecule has 2 aliphatic heterocycles. The van der Waals surface area contributed by atoms with Gasteiger partial charge in [-0.3, -0.25) is 4.79 Å². The largest absolute Gasteiger partial charge is 0.483 e. The summed E-state index contributed by atoms with van der Waals surface area (Å²) >= 11 is 0. The number of amides is 1. The molecule has 0 aromatic heterocycles. The first kappa shape index (κ1) is 17.8. The molecule has 0 atom stereocenters. The number of nitrogens with zero attached hydrogens (tertiary/aromatic N) is 1. The number of hydrogen-bond donors (Lipinski definition) is 1. The van der Waals surface area contributed by atoms with Gasteiger partial charge in [-0.25, -0.2) is 0 Å². The number of alkyl halides is 3. The molecule has 1 fully saturated rings. The zero-order valence-electron chi connectivity index (χ0n) is 14.5. The van der Waals surface area contributed by atoms with E-state index in [9.17, 15) is 18.0 Å². The third-order valence-corrected chi connectivity index (χ3v) is 4.64. The van der Waals surface area contributed by atoms with Crippen molar-refractivity contribution < 1.29 is 22.7 Å². The monoisotopic (exact) mass is 354 g/mol. The normalized spacial score (nSPS) is 19.9. The summed E-state index contributed by atoms with van der Waals surface area (Å²) in [5.41, 5.74) is 0.178. The van der Waals surface area contributed by atoms with Gasteiger partial charge in [-0.1, -0.05) is 0 Å². The van der Waals surface area contributed by atoms with Crippen molar-refractivity contribution >= 4 is 11.6 Å². The van der Waals surface area contributed by atoms with E-state index in [-0.39, 0.29) is 5.91 Å². The van der Waals surface area contributed by atoms with Crippen LogP contribution in [0.15, 0.2) is 23.8 Å². The van der Waals surface area contributed by atoms with Gasteiger partial charge >= 0.3 is 6.18 Å². The molecule has 0 unspecified atom stereocenters. The lowest BCUT2D eigenvalue weighted by Gasteiger charge is -2.39. The number of halogens is 3. The van der Waals surface area contributed by atoms with E-state index >= 15 is 0 Å². The molecular weight excluding hydrogens is 333 g/mol. The van der Waals surface area contributed by atoms with Crippen molar-refractivity contribution in [2.24, 2.45) is 0 Å². The molecule has 1 amide bonds. The predicted octanol–water partition coefficient (Wildman–Crippen LogP) is 3.43. The van der Waals surface area contributed by atoms with Gasteiger partial charge in [-0.2, -0.15) is 13.2 Å². The van der Waals surface area contributed by atoms with Crippen molar-refractivity contribution in [1.82, 2.24) is 10.2 Å². The molecule has 1 saturated heterocycles. The number of likely N-dealkylation sites (N-methyl/N-ethyl adjacent to an activating group) is 1. The van der Waals surface area contributed by atoms with Gasteiger partial charge in [0.15, 0.2) is 0 Å². The van der Waals surface area contributed by atoms with Crippen molar-refractivity contribution in [2.75, 3.05) is 20.1 Å². The highest BCUT2D eigenvalue weighted by molar-refractivity contribution is 5.91. The zero-order chi connectivity index (χ0) is 18.4. The number of ether oxygens (including phenoxy) is 1. The molecule has 7 heteroatoms. The Kier molecular flexibility index (Phi) is 4.31. The van der Waals surface area contributed by atoms with Crippen molar-refractivity contribution in [1.29, 1.82) is 0 Å². The third-order valence-electron chi connectivity index (χ3n) is 4.64. The lowest BCUT2D eigenvalue weighted by atomic mass is 9.88. The zero-order valence-corrected chi connectivity index (χ0v) is 14.5. The van der Waals surface area contributed by atoms with Crippen LogP contribution >= 0.6 is 0 Å². The second-order valence-corrected chi connectivity index (χ2v) is 6.83. The Hall–Kier alpha value is -2.02. The molecule has 1 aromatic carbocycles. The van der Waals surface area contributed by atoms with E-state index in [1.807, 2.05) is 13.8 Å². The Morgan fingerprint density at radius 1 is 1.32 bits per heavy atom. The number of fused-ring (bicyclic) bond motifs is 1. The van der Waals surface area contributed by atoms with Crippen LogP contribution in [0.1, 0.15) is 37.8 Å². The van der Waals surface area contributed by atoms with Gasteiger partial charge in [-0.05, 0) is 45.5 Å². The summed E-state index contributed by atoms with van der Waals surface area (Å²) in [4.78, 5) is 13.9. The summed E-state index contributed by atoms with van der Waals surface area (Å²) in [6, 6.07) is 3.44. The molecule has 0 radical (unpaired) electrons. The van der Waals surface area contributed by atoms with Gasteiger partial charge in [0.25, 0.3) is 0 Å². The highest BCUT2D eigenvalue weighted by Gasteiger charge is 2.41. The number of carbonyl (C=O) groups is 1. The highest BCUT2D eigenvalue weighted by atomic mass is 19.4. The van der Waals surface area contributed by atoms with Crippen LogP contribution in [0.3, 0.4) is 0 Å². The third kappa shape index (κ3) is 3.13. The minimum atomic E-state index is -4.45. The fourth-order valence-corrected chi connectivity index (χ4v) is 3.43. The first-order valence-corrected chi connectivity index (χ1v) is 8.24. The van der Waals surface area contributed by atoms with Crippen molar-refractivity contribution in [3.8, 4) is 5.75 Å². The van der Waals surface area contributed by atoms with Crippen LogP contribution in [-0.4, -0.2) is 36.5 Å². The number of rotatable bonds is 3. The smallest absolute Gasteiger partial charge is 0.416 e. The van der Waals surface area contributed by atoms with E-state index < -0.39 is 17.3 Å². The molecule has 0 aliphatic carbocycles. The van der Waals surface area contributed by atoms with Gasteiger partial charge in [0.05, 0.1) is 11.3 Å². The van der Waals surface area contributed by atoms with E-state index in [0.29, 0.717) is 42.9 Å². The van der Waals surface area contributed by atoms with Crippen LogP contribution in [0.5, 0.6) is 5.75 Å². The first-order valence-electron chi connectivity index (χ1n) is 8.24. The Labute approximate surface area is 144 Å². The van der Waals surface area contributed by atoms with E-state index in [4.69, 9.17) is 4.74 Å². The molecule has 25 heavy (non-hydrogen) atoms. The van der Waals surface area contributed by atoms with Crippen LogP contribution in [-0.2, 0) is 11.0 Å². The molecule has 2 aliphatic rings. The average Bonchev–Trinajstić information content (AvgIpc) is 2.92. The minimum absolute atomic E-state index is 0.0651. The van der Waals surface area contributed by atoms with Crippen LogP contribution in [0.4, 0.5) is 13.2 Å². The lowest BCUT2D eigenvalue weighted by molar-refractivity contribution is -0.137. The summed E-state index contributed by atoms with van der Waals surface area (Å²) in [7, 11) is 1.76. The lowest BCUT2D eigenvalue weighted by Crippen LogP contribution is -2.42. The molecular formula is C18H21F3N2O2. The SMILES string of the molecule is CNCC1=C(N2CCCC2=O)c2cc(C(F)(F)F)ccc2OC1(C)C. The Bertz CT molecular complexity index is 738. The van der Waals surface area contributed by atoms with Crippen LogP contribution in [0.25, 0.3) is 5.70 Å². The number of nitrogens with one attached hydrogen (secondary N) is 1. The van der Waals surface area contributed by atoms with Gasteiger partial charge in [-0.15, -0.1) is 0 Å². The number of benzene rings is 1. The summed E-state index contributed by atoms with van der Waals surface area (Å²) < 4.78 is 45.5. The number of hydrogen-bond acceptors (Lipinski definition) is 3. The van der Waals surface area contributed by atoms with Gasteiger partial charge < -0.3 is 15.0 Å². The Morgan fingerprint density at radius 3 is 2.60 bits per heavy atom. The predicted molar refractivity (Wildman–Crippen MR) is 87.9 cm³/mol. The fourth-order valence-electron chi connectivity index (χ4n) is 3.43. The molecule has 3 rings (SSSR count). The maximum Gasteiger partial charge on any atom is 0.416 e. The van der Waals surface area contributed by atoms with Crippen molar-refractivity contribution in [3.63, 3.8) is 0 Å².